The van der Waals surface area contributed by atoms with Crippen molar-refractivity contribution in [3.05, 3.63) is 70.6 Å². The van der Waals surface area contributed by atoms with E-state index >= 15 is 0 Å². The molecule has 2 aromatic heterocycles. The first-order chi connectivity index (χ1) is 14.6. The fourth-order valence-corrected chi connectivity index (χ4v) is 3.47. The van der Waals surface area contributed by atoms with Crippen molar-refractivity contribution in [1.29, 1.82) is 0 Å². The molecule has 0 spiro atoms. The molecule has 0 N–H and O–H groups in total. The molecule has 0 radical (unpaired) electrons. The number of nitrogens with zero attached hydrogens (tertiary/aromatic N) is 2. The van der Waals surface area contributed by atoms with E-state index < -0.39 is 23.6 Å². The van der Waals surface area contributed by atoms with Gasteiger partial charge in [-0.15, -0.1) is 11.3 Å². The summed E-state index contributed by atoms with van der Waals surface area (Å²) in [7, 11) is 0. The molecule has 0 fully saturated rings. The molecule has 3 aromatic rings. The lowest BCUT2D eigenvalue weighted by atomic mass is 10.2. The van der Waals surface area contributed by atoms with Crippen LogP contribution in [0.4, 0.5) is 24.0 Å². The van der Waals surface area contributed by atoms with Crippen LogP contribution in [-0.4, -0.2) is 16.9 Å². The number of hydrogen-bond donors (Lipinski definition) is 0. The van der Waals surface area contributed by atoms with Crippen molar-refractivity contribution in [1.82, 2.24) is 4.98 Å². The van der Waals surface area contributed by atoms with Gasteiger partial charge in [-0.25, -0.2) is 9.78 Å². The molecule has 0 saturated carbocycles. The molecule has 31 heavy (non-hydrogen) atoms. The maximum Gasteiger partial charge on any atom is 0.416 e. The monoisotopic (exact) mass is 450 g/mol. The fraction of sp³-hybridized carbons (Fsp3) is 0.190. The van der Waals surface area contributed by atoms with E-state index in [-0.39, 0.29) is 17.4 Å². The van der Waals surface area contributed by atoms with Gasteiger partial charge in [-0.05, 0) is 43.3 Å². The van der Waals surface area contributed by atoms with E-state index in [2.05, 4.69) is 4.98 Å². The number of alkyl halides is 3. The summed E-state index contributed by atoms with van der Waals surface area (Å²) in [5, 5.41) is 1.73. The molecule has 0 bridgehead atoms. The normalized spacial score (nSPS) is 11.6. The first-order valence-electron chi connectivity index (χ1n) is 8.97. The third kappa shape index (κ3) is 5.82. The standard InChI is InChI=1S/C21H17F3N2O4S/c1-13-6-7-18(30-13)8-9-19(28)29-11-16-12-31-20(25-16)26(14(2)27)17-5-3-4-15(10-17)21(22,23)24/h3-10,12H,11H2,1-2H3/b9-8+. The number of carbonyl (C=O) groups is 2. The second-order valence-electron chi connectivity index (χ2n) is 6.41. The van der Waals surface area contributed by atoms with Gasteiger partial charge in [0.25, 0.3) is 0 Å². The zero-order chi connectivity index (χ0) is 22.6. The van der Waals surface area contributed by atoms with E-state index in [1.54, 1.807) is 24.4 Å². The predicted molar refractivity (Wildman–Crippen MR) is 109 cm³/mol. The van der Waals surface area contributed by atoms with E-state index in [4.69, 9.17) is 9.15 Å². The maximum absolute atomic E-state index is 13.0. The molecule has 0 unspecified atom stereocenters. The number of aromatic nitrogens is 1. The predicted octanol–water partition coefficient (Wildman–Crippen LogP) is 5.50. The van der Waals surface area contributed by atoms with Crippen LogP contribution in [-0.2, 0) is 27.1 Å². The summed E-state index contributed by atoms with van der Waals surface area (Å²) < 4.78 is 49.4. The molecule has 0 aliphatic heterocycles. The van der Waals surface area contributed by atoms with Crippen molar-refractivity contribution in [3.8, 4) is 0 Å². The average Bonchev–Trinajstić information content (AvgIpc) is 3.33. The van der Waals surface area contributed by atoms with Gasteiger partial charge in [-0.2, -0.15) is 13.2 Å². The Labute approximate surface area is 179 Å². The number of aryl methyl sites for hydroxylation is 1. The van der Waals surface area contributed by atoms with Gasteiger partial charge < -0.3 is 9.15 Å². The van der Waals surface area contributed by atoms with E-state index in [0.717, 1.165) is 28.4 Å². The summed E-state index contributed by atoms with van der Waals surface area (Å²) in [6.07, 6.45) is -1.87. The topological polar surface area (TPSA) is 72.6 Å². The number of carbonyl (C=O) groups excluding carboxylic acids is 2. The highest BCUT2D eigenvalue weighted by Crippen LogP contribution is 2.35. The number of anilines is 2. The van der Waals surface area contributed by atoms with Crippen molar-refractivity contribution in [3.63, 3.8) is 0 Å². The maximum atomic E-state index is 13.0. The first-order valence-corrected chi connectivity index (χ1v) is 9.85. The Morgan fingerprint density at radius 2 is 2.03 bits per heavy atom. The van der Waals surface area contributed by atoms with Crippen molar-refractivity contribution in [2.24, 2.45) is 0 Å². The number of rotatable bonds is 6. The van der Waals surface area contributed by atoms with Crippen LogP contribution in [0.25, 0.3) is 6.08 Å². The Morgan fingerprint density at radius 3 is 2.68 bits per heavy atom. The zero-order valence-electron chi connectivity index (χ0n) is 16.5. The first kappa shape index (κ1) is 22.3. The molecule has 1 aromatic carbocycles. The third-order valence-electron chi connectivity index (χ3n) is 3.98. The van der Waals surface area contributed by atoms with E-state index in [1.807, 2.05) is 0 Å². The van der Waals surface area contributed by atoms with Crippen LogP contribution in [0.3, 0.4) is 0 Å². The van der Waals surface area contributed by atoms with Gasteiger partial charge in [0.05, 0.1) is 16.9 Å². The molecular formula is C21H17F3N2O4S. The van der Waals surface area contributed by atoms with Gasteiger partial charge in [0, 0.05) is 18.4 Å². The molecule has 0 atom stereocenters. The highest BCUT2D eigenvalue weighted by atomic mass is 32.1. The second kappa shape index (κ2) is 9.17. The number of thiazole rings is 1. The van der Waals surface area contributed by atoms with Gasteiger partial charge >= 0.3 is 12.1 Å². The van der Waals surface area contributed by atoms with E-state index in [0.29, 0.717) is 17.2 Å². The highest BCUT2D eigenvalue weighted by molar-refractivity contribution is 7.14. The Morgan fingerprint density at radius 1 is 1.26 bits per heavy atom. The Kier molecular flexibility index (Phi) is 6.59. The van der Waals surface area contributed by atoms with Crippen LogP contribution in [0.1, 0.15) is 29.7 Å². The van der Waals surface area contributed by atoms with Crippen LogP contribution in [0.15, 0.2) is 52.3 Å². The smallest absolute Gasteiger partial charge is 0.416 e. The number of ether oxygens (including phenoxy) is 1. The van der Waals surface area contributed by atoms with Gasteiger partial charge in [-0.3, -0.25) is 9.69 Å². The number of hydrogen-bond acceptors (Lipinski definition) is 6. The van der Waals surface area contributed by atoms with E-state index in [9.17, 15) is 22.8 Å². The summed E-state index contributed by atoms with van der Waals surface area (Å²) in [6, 6.07) is 7.87. The average molecular weight is 450 g/mol. The number of halogens is 3. The minimum atomic E-state index is -4.54. The zero-order valence-corrected chi connectivity index (χ0v) is 17.3. The van der Waals surface area contributed by atoms with Crippen molar-refractivity contribution in [2.75, 3.05) is 4.90 Å². The van der Waals surface area contributed by atoms with Gasteiger partial charge in [0.2, 0.25) is 5.91 Å². The Hall–Kier alpha value is -3.40. The number of furan rings is 1. The SMILES string of the molecule is CC(=O)N(c1cccc(C(F)(F)F)c1)c1nc(COC(=O)/C=C/c2ccc(C)o2)cs1. The number of benzene rings is 1. The van der Waals surface area contributed by atoms with Crippen LogP contribution in [0, 0.1) is 6.92 Å². The molecular weight excluding hydrogens is 433 g/mol. The van der Waals surface area contributed by atoms with Crippen molar-refractivity contribution >= 4 is 40.1 Å². The van der Waals surface area contributed by atoms with Crippen LogP contribution in [0.5, 0.6) is 0 Å². The lowest BCUT2D eigenvalue weighted by Crippen LogP contribution is -2.23. The molecule has 2 heterocycles. The Bertz CT molecular complexity index is 1120. The summed E-state index contributed by atoms with van der Waals surface area (Å²) in [4.78, 5) is 29.3. The van der Waals surface area contributed by atoms with Crippen LogP contribution < -0.4 is 4.90 Å². The van der Waals surface area contributed by atoms with Gasteiger partial charge in [-0.1, -0.05) is 6.07 Å². The van der Waals surface area contributed by atoms with E-state index in [1.165, 1.54) is 31.2 Å². The quantitative estimate of drug-likeness (QED) is 0.366. The summed E-state index contributed by atoms with van der Waals surface area (Å²) >= 11 is 1.05. The summed E-state index contributed by atoms with van der Waals surface area (Å²) in [5.74, 6) is 0.0844. The lowest BCUT2D eigenvalue weighted by Gasteiger charge is -2.19. The summed E-state index contributed by atoms with van der Waals surface area (Å²) in [6.45, 7) is 2.84. The molecule has 1 amide bonds. The molecule has 10 heteroatoms. The minimum absolute atomic E-state index is 0.0388. The van der Waals surface area contributed by atoms with Crippen molar-refractivity contribution < 1.29 is 31.9 Å². The fourth-order valence-electron chi connectivity index (χ4n) is 2.60. The molecule has 162 valence electrons. The molecule has 6 nitrogen and oxygen atoms in total. The number of amides is 1. The number of esters is 1. The third-order valence-corrected chi connectivity index (χ3v) is 4.86. The van der Waals surface area contributed by atoms with Crippen molar-refractivity contribution in [2.45, 2.75) is 26.6 Å². The highest BCUT2D eigenvalue weighted by Gasteiger charge is 2.31. The largest absolute Gasteiger partial charge is 0.462 e. The van der Waals surface area contributed by atoms with Gasteiger partial charge in [0.1, 0.15) is 18.1 Å². The van der Waals surface area contributed by atoms with Crippen LogP contribution in [0.2, 0.25) is 0 Å². The Balaban J connectivity index is 1.70. The molecule has 0 saturated heterocycles. The second-order valence-corrected chi connectivity index (χ2v) is 7.25. The van der Waals surface area contributed by atoms with Gasteiger partial charge in [0.15, 0.2) is 5.13 Å². The molecule has 0 aliphatic rings. The van der Waals surface area contributed by atoms with Crippen LogP contribution >= 0.6 is 11.3 Å². The molecule has 0 aliphatic carbocycles. The summed E-state index contributed by atoms with van der Waals surface area (Å²) in [5.41, 5.74) is -0.480. The molecule has 3 rings (SSSR count). The minimum Gasteiger partial charge on any atom is -0.462 e. The lowest BCUT2D eigenvalue weighted by molar-refractivity contribution is -0.139.